The Morgan fingerprint density at radius 3 is 2.96 bits per heavy atom. The molecular weight excluding hydrogens is 305 g/mol. The Morgan fingerprint density at radius 2 is 2.08 bits per heavy atom. The Morgan fingerprint density at radius 1 is 1.21 bits per heavy atom. The van der Waals surface area contributed by atoms with Crippen molar-refractivity contribution in [1.29, 1.82) is 0 Å². The molecule has 4 heteroatoms. The van der Waals surface area contributed by atoms with Gasteiger partial charge in [0.15, 0.2) is 0 Å². The minimum Gasteiger partial charge on any atom is -0.494 e. The Bertz CT molecular complexity index is 733. The van der Waals surface area contributed by atoms with Crippen LogP contribution < -0.4 is 10.1 Å². The molecular formula is C20H22FNO2. The van der Waals surface area contributed by atoms with Gasteiger partial charge in [-0.2, -0.15) is 0 Å². The molecule has 1 N–H and O–H groups in total. The van der Waals surface area contributed by atoms with Gasteiger partial charge in [0.2, 0.25) is 0 Å². The smallest absolute Gasteiger partial charge is 0.124 e. The van der Waals surface area contributed by atoms with Crippen molar-refractivity contribution in [3.8, 4) is 5.75 Å². The van der Waals surface area contributed by atoms with Crippen LogP contribution in [-0.4, -0.2) is 13.2 Å². The predicted octanol–water partition coefficient (Wildman–Crippen LogP) is 4.86. The molecule has 126 valence electrons. The van der Waals surface area contributed by atoms with E-state index >= 15 is 0 Å². The van der Waals surface area contributed by atoms with Gasteiger partial charge in [0, 0.05) is 29.3 Å². The Kier molecular flexibility index (Phi) is 4.15. The third-order valence-electron chi connectivity index (χ3n) is 4.98. The number of hydrogen-bond donors (Lipinski definition) is 1. The van der Waals surface area contributed by atoms with Crippen LogP contribution in [0.3, 0.4) is 0 Å². The molecule has 2 aliphatic rings. The lowest BCUT2D eigenvalue weighted by Crippen LogP contribution is -2.36. The van der Waals surface area contributed by atoms with Crippen molar-refractivity contribution in [2.45, 2.75) is 31.9 Å². The van der Waals surface area contributed by atoms with Gasteiger partial charge in [-0.05, 0) is 44.0 Å². The SMILES string of the molecule is CCOc1ccccc1[C@H]1Nc2ccc(F)cc2[C@H]2OCCC[C@@H]12. The van der Waals surface area contributed by atoms with Crippen molar-refractivity contribution in [3.63, 3.8) is 0 Å². The summed E-state index contributed by atoms with van der Waals surface area (Å²) in [5.74, 6) is 0.971. The molecule has 2 aromatic rings. The Balaban J connectivity index is 1.78. The predicted molar refractivity (Wildman–Crippen MR) is 91.8 cm³/mol. The fourth-order valence-electron chi connectivity index (χ4n) is 3.97. The van der Waals surface area contributed by atoms with Gasteiger partial charge >= 0.3 is 0 Å². The number of rotatable bonds is 3. The highest BCUT2D eigenvalue weighted by atomic mass is 19.1. The normalized spacial score (nSPS) is 25.3. The van der Waals surface area contributed by atoms with Gasteiger partial charge in [0.05, 0.1) is 18.8 Å². The summed E-state index contributed by atoms with van der Waals surface area (Å²) in [5.41, 5.74) is 3.04. The number of halogens is 1. The first kappa shape index (κ1) is 15.5. The van der Waals surface area contributed by atoms with E-state index in [2.05, 4.69) is 11.4 Å². The maximum atomic E-state index is 13.7. The van der Waals surface area contributed by atoms with Crippen LogP contribution in [0.4, 0.5) is 10.1 Å². The standard InChI is InChI=1S/C20H22FNO2/c1-2-23-18-8-4-3-6-14(18)19-15-7-5-11-24-20(15)16-12-13(21)9-10-17(16)22-19/h3-4,6,8-10,12,15,19-20,22H,2,5,7,11H2,1H3/t15-,19+,20-/m0/s1. The summed E-state index contributed by atoms with van der Waals surface area (Å²) in [5, 5.41) is 3.61. The quantitative estimate of drug-likeness (QED) is 0.873. The zero-order valence-corrected chi connectivity index (χ0v) is 13.8. The van der Waals surface area contributed by atoms with Crippen LogP contribution >= 0.6 is 0 Å². The van der Waals surface area contributed by atoms with Crippen molar-refractivity contribution in [2.24, 2.45) is 5.92 Å². The fourth-order valence-corrected chi connectivity index (χ4v) is 3.97. The molecule has 0 aromatic heterocycles. The molecule has 0 radical (unpaired) electrons. The fraction of sp³-hybridized carbons (Fsp3) is 0.400. The maximum Gasteiger partial charge on any atom is 0.124 e. The van der Waals surface area contributed by atoms with Gasteiger partial charge in [0.25, 0.3) is 0 Å². The van der Waals surface area contributed by atoms with Gasteiger partial charge in [-0.3, -0.25) is 0 Å². The maximum absolute atomic E-state index is 13.7. The number of nitrogens with one attached hydrogen (secondary N) is 1. The van der Waals surface area contributed by atoms with Crippen LogP contribution in [0.5, 0.6) is 5.75 Å². The monoisotopic (exact) mass is 327 g/mol. The molecule has 0 amide bonds. The van der Waals surface area contributed by atoms with E-state index in [1.807, 2.05) is 31.2 Å². The summed E-state index contributed by atoms with van der Waals surface area (Å²) in [6.45, 7) is 3.36. The van der Waals surface area contributed by atoms with Crippen molar-refractivity contribution in [1.82, 2.24) is 0 Å². The molecule has 2 aliphatic heterocycles. The zero-order valence-electron chi connectivity index (χ0n) is 13.8. The van der Waals surface area contributed by atoms with Gasteiger partial charge in [0.1, 0.15) is 11.6 Å². The van der Waals surface area contributed by atoms with E-state index in [-0.39, 0.29) is 23.9 Å². The number of hydrogen-bond acceptors (Lipinski definition) is 3. The molecule has 0 bridgehead atoms. The van der Waals surface area contributed by atoms with Crippen LogP contribution in [0.1, 0.15) is 43.0 Å². The highest BCUT2D eigenvalue weighted by Gasteiger charge is 2.40. The second kappa shape index (κ2) is 6.44. The average molecular weight is 327 g/mol. The first-order valence-electron chi connectivity index (χ1n) is 8.67. The molecule has 1 fully saturated rings. The van der Waals surface area contributed by atoms with Gasteiger partial charge in [-0.25, -0.2) is 4.39 Å². The third kappa shape index (κ3) is 2.65. The minimum absolute atomic E-state index is 0.0645. The third-order valence-corrected chi connectivity index (χ3v) is 4.98. The lowest BCUT2D eigenvalue weighted by Gasteiger charge is -2.43. The molecule has 2 heterocycles. The molecule has 0 saturated carbocycles. The number of benzene rings is 2. The summed E-state index contributed by atoms with van der Waals surface area (Å²) in [6, 6.07) is 13.2. The number of anilines is 1. The second-order valence-electron chi connectivity index (χ2n) is 6.42. The molecule has 0 unspecified atom stereocenters. The topological polar surface area (TPSA) is 30.5 Å². The van der Waals surface area contributed by atoms with Crippen LogP contribution in [0.25, 0.3) is 0 Å². The molecule has 2 aromatic carbocycles. The highest BCUT2D eigenvalue weighted by molar-refractivity contribution is 5.58. The van der Waals surface area contributed by atoms with E-state index in [0.29, 0.717) is 6.61 Å². The molecule has 0 aliphatic carbocycles. The van der Waals surface area contributed by atoms with Gasteiger partial charge < -0.3 is 14.8 Å². The summed E-state index contributed by atoms with van der Waals surface area (Å²) in [7, 11) is 0. The van der Waals surface area contributed by atoms with Crippen molar-refractivity contribution < 1.29 is 13.9 Å². The Hall–Kier alpha value is -2.07. The first-order chi connectivity index (χ1) is 11.8. The van der Waals surface area contributed by atoms with E-state index in [4.69, 9.17) is 9.47 Å². The van der Waals surface area contributed by atoms with Crippen molar-refractivity contribution in [2.75, 3.05) is 18.5 Å². The summed E-state index contributed by atoms with van der Waals surface area (Å²) in [6.07, 6.45) is 2.02. The summed E-state index contributed by atoms with van der Waals surface area (Å²) in [4.78, 5) is 0. The van der Waals surface area contributed by atoms with E-state index in [1.54, 1.807) is 6.07 Å². The number of para-hydroxylation sites is 1. The minimum atomic E-state index is -0.211. The van der Waals surface area contributed by atoms with Gasteiger partial charge in [-0.1, -0.05) is 18.2 Å². The Labute approximate surface area is 141 Å². The van der Waals surface area contributed by atoms with Gasteiger partial charge in [-0.15, -0.1) is 0 Å². The highest BCUT2D eigenvalue weighted by Crippen LogP contribution is 2.50. The lowest BCUT2D eigenvalue weighted by atomic mass is 9.77. The van der Waals surface area contributed by atoms with E-state index in [1.165, 1.54) is 6.07 Å². The van der Waals surface area contributed by atoms with Crippen LogP contribution in [0.15, 0.2) is 42.5 Å². The average Bonchev–Trinajstić information content (AvgIpc) is 2.62. The van der Waals surface area contributed by atoms with Crippen LogP contribution in [-0.2, 0) is 4.74 Å². The molecule has 3 atom stereocenters. The second-order valence-corrected chi connectivity index (χ2v) is 6.42. The van der Waals surface area contributed by atoms with Crippen LogP contribution in [0, 0.1) is 11.7 Å². The lowest BCUT2D eigenvalue weighted by molar-refractivity contribution is -0.0384. The number of fused-ring (bicyclic) bond motifs is 3. The van der Waals surface area contributed by atoms with E-state index < -0.39 is 0 Å². The summed E-state index contributed by atoms with van der Waals surface area (Å²) >= 11 is 0. The van der Waals surface area contributed by atoms with Crippen molar-refractivity contribution >= 4 is 5.69 Å². The van der Waals surface area contributed by atoms with E-state index in [9.17, 15) is 4.39 Å². The largest absolute Gasteiger partial charge is 0.494 e. The molecule has 24 heavy (non-hydrogen) atoms. The molecule has 0 spiro atoms. The number of ether oxygens (including phenoxy) is 2. The molecule has 3 nitrogen and oxygen atoms in total. The summed E-state index contributed by atoms with van der Waals surface area (Å²) < 4.78 is 25.6. The first-order valence-corrected chi connectivity index (χ1v) is 8.67. The molecule has 4 rings (SSSR count). The molecule has 1 saturated heterocycles. The zero-order chi connectivity index (χ0) is 16.5. The van der Waals surface area contributed by atoms with E-state index in [0.717, 1.165) is 42.0 Å². The van der Waals surface area contributed by atoms with Crippen molar-refractivity contribution in [3.05, 3.63) is 59.4 Å². The van der Waals surface area contributed by atoms with Crippen LogP contribution in [0.2, 0.25) is 0 Å².